The molecule has 1 radical (unpaired) electrons. The van der Waals surface area contributed by atoms with Crippen molar-refractivity contribution in [3.05, 3.63) is 179 Å². The molecule has 8 heteroatoms. The van der Waals surface area contributed by atoms with Gasteiger partial charge in [0.25, 0.3) is 0 Å². The van der Waals surface area contributed by atoms with Crippen LogP contribution in [0.3, 0.4) is 0 Å². The van der Waals surface area contributed by atoms with Gasteiger partial charge in [-0.15, -0.1) is 0 Å². The summed E-state index contributed by atoms with van der Waals surface area (Å²) < 4.78 is 11.4. The minimum Gasteiger partial charge on any atom is -0.496 e. The second kappa shape index (κ2) is 29.7. The molecule has 2 aliphatic carbocycles. The maximum absolute atomic E-state index is 7.97. The fourth-order valence-electron chi connectivity index (χ4n) is 10.1. The average molecular weight is 1060 g/mol. The van der Waals surface area contributed by atoms with Gasteiger partial charge in [0.15, 0.2) is 0 Å². The van der Waals surface area contributed by atoms with Crippen LogP contribution in [0.15, 0.2) is 168 Å². The van der Waals surface area contributed by atoms with Crippen LogP contribution in [-0.4, -0.2) is 47.7 Å². The number of methoxy groups -OCH3 is 1. The van der Waals surface area contributed by atoms with Crippen LogP contribution in [0.1, 0.15) is 110 Å². The number of halogens is 1. The predicted octanol–water partition coefficient (Wildman–Crippen LogP) is 18.0. The largest absolute Gasteiger partial charge is 0.496 e. The lowest BCUT2D eigenvalue weighted by Crippen LogP contribution is -2.27. The lowest BCUT2D eigenvalue weighted by Gasteiger charge is -2.39. The van der Waals surface area contributed by atoms with Crippen molar-refractivity contribution < 1.29 is 14.4 Å². The Bertz CT molecular complexity index is 2900. The van der Waals surface area contributed by atoms with E-state index < -0.39 is 0 Å². The molecule has 2 fully saturated rings. The molecule has 381 valence electrons. The fourth-order valence-corrected chi connectivity index (χ4v) is 14.5. The van der Waals surface area contributed by atoms with E-state index in [4.69, 9.17) is 14.7 Å². The van der Waals surface area contributed by atoms with Crippen LogP contribution >= 0.6 is 23.9 Å². The number of pyridine rings is 2. The van der Waals surface area contributed by atoms with Gasteiger partial charge in [-0.3, -0.25) is 0 Å². The van der Waals surface area contributed by atoms with Gasteiger partial charge in [0.05, 0.1) is 29.5 Å². The third-order valence-electron chi connectivity index (χ3n) is 13.5. The second-order valence-corrected chi connectivity index (χ2v) is 23.8. The zero-order chi connectivity index (χ0) is 50.7. The zero-order valence-corrected chi connectivity index (χ0v) is 45.9. The van der Waals surface area contributed by atoms with Crippen LogP contribution in [0.25, 0.3) is 55.4 Å². The van der Waals surface area contributed by atoms with Crippen LogP contribution < -0.4 is 10.0 Å². The molecular formula is C65H78BBrN2O3P. The number of aromatic nitrogens is 2. The molecule has 0 amide bonds. The minimum atomic E-state index is -0.122. The van der Waals surface area contributed by atoms with Crippen molar-refractivity contribution in [1.29, 1.82) is 0 Å². The molecule has 73 heavy (non-hydrogen) atoms. The van der Waals surface area contributed by atoms with E-state index in [9.17, 15) is 0 Å². The zero-order valence-electron chi connectivity index (χ0n) is 43.4. The summed E-state index contributed by atoms with van der Waals surface area (Å²) in [6, 6.07) is 57.6. The molecule has 8 aromatic rings. The molecule has 2 aromatic heterocycles. The molecule has 1 N–H and O–H groups in total. The summed E-state index contributed by atoms with van der Waals surface area (Å²) in [7, 11) is 2.41. The number of benzene rings is 6. The number of nitrogens with zero attached hydrogens (tertiary/aromatic N) is 2. The Labute approximate surface area is 448 Å². The Morgan fingerprint density at radius 1 is 0.603 bits per heavy atom. The summed E-state index contributed by atoms with van der Waals surface area (Å²) in [6.07, 6.45) is 15.5. The first kappa shape index (κ1) is 57.1. The summed E-state index contributed by atoms with van der Waals surface area (Å²) in [5, 5.41) is 12.0. The average Bonchev–Trinajstić information content (AvgIpc) is 3.41. The van der Waals surface area contributed by atoms with E-state index in [0.717, 1.165) is 63.6 Å². The maximum atomic E-state index is 7.97. The molecule has 0 aliphatic heterocycles. The van der Waals surface area contributed by atoms with Crippen molar-refractivity contribution in [2.75, 3.05) is 13.7 Å². The van der Waals surface area contributed by atoms with Crippen LogP contribution in [0.2, 0.25) is 0 Å². The van der Waals surface area contributed by atoms with Crippen molar-refractivity contribution >= 4 is 58.6 Å². The van der Waals surface area contributed by atoms with Gasteiger partial charge in [0.2, 0.25) is 0 Å². The first-order chi connectivity index (χ1) is 35.1. The quantitative estimate of drug-likeness (QED) is 0.0976. The van der Waals surface area contributed by atoms with E-state index in [0.29, 0.717) is 18.4 Å². The van der Waals surface area contributed by atoms with Crippen LogP contribution in [0, 0.1) is 18.8 Å². The molecular weight excluding hydrogens is 978 g/mol. The first-order valence-electron chi connectivity index (χ1n) is 26.3. The molecule has 0 unspecified atom stereocenters. The lowest BCUT2D eigenvalue weighted by atomic mass is 9.99. The first-order valence-corrected chi connectivity index (χ1v) is 28.5. The second-order valence-electron chi connectivity index (χ2n) is 20.1. The highest BCUT2D eigenvalue weighted by atomic mass is 79.9. The standard InChI is InChI=1S/C26H35OP.C19H19N.C15H10BrN.C4H10BO2.CH4/c1-20-12-11-18-24(27-2)26(20)23-17-9-10-19-25(23)28(21-13-5-3-6-14-21)22-15-7-4-8-16-22;1-14(2)12-15-6-5-8-17(13-15)19-11-10-16-7-3-4-9-18(16)20-19;16-13-6-3-5-12(10-13)15-9-8-11-4-1-2-7-14(11)17-15;1-4(2)3-7-5-6;/h9-12,17-19,21-22H,3-8,13-16H2,1-2H3;3-11,13-14H,12H2,1-2H3;1-10H;4,6H,3H2,1-2H3;1H4. The molecule has 0 spiro atoms. The van der Waals surface area contributed by atoms with Crippen molar-refractivity contribution in [2.45, 2.75) is 124 Å². The van der Waals surface area contributed by atoms with Crippen molar-refractivity contribution in [3.8, 4) is 39.4 Å². The topological polar surface area (TPSA) is 64.5 Å². The van der Waals surface area contributed by atoms with Gasteiger partial charge in [-0.1, -0.05) is 213 Å². The molecule has 0 atom stereocenters. The fraction of sp³-hybridized carbons (Fsp3) is 0.354. The van der Waals surface area contributed by atoms with Gasteiger partial charge in [0.1, 0.15) is 5.75 Å². The van der Waals surface area contributed by atoms with Crippen molar-refractivity contribution in [3.63, 3.8) is 0 Å². The number of aryl methyl sites for hydroxylation is 1. The highest BCUT2D eigenvalue weighted by molar-refractivity contribution is 9.10. The van der Waals surface area contributed by atoms with Gasteiger partial charge in [-0.25, -0.2) is 9.97 Å². The lowest BCUT2D eigenvalue weighted by molar-refractivity contribution is 0.246. The summed E-state index contributed by atoms with van der Waals surface area (Å²) in [4.78, 5) is 9.43. The van der Waals surface area contributed by atoms with E-state index in [1.807, 2.05) is 63.4 Å². The molecule has 2 aliphatic rings. The van der Waals surface area contributed by atoms with Gasteiger partial charge in [-0.2, -0.15) is 0 Å². The molecule has 2 saturated carbocycles. The minimum absolute atomic E-state index is 0. The molecule has 5 nitrogen and oxygen atoms in total. The predicted molar refractivity (Wildman–Crippen MR) is 320 cm³/mol. The number of ether oxygens (including phenoxy) is 1. The van der Waals surface area contributed by atoms with Crippen molar-refractivity contribution in [1.82, 2.24) is 9.97 Å². The van der Waals surface area contributed by atoms with Gasteiger partial charge in [0, 0.05) is 38.5 Å². The van der Waals surface area contributed by atoms with E-state index >= 15 is 0 Å². The Hall–Kier alpha value is -5.17. The smallest absolute Gasteiger partial charge is 0.485 e. The van der Waals surface area contributed by atoms with Gasteiger partial charge in [-0.05, 0) is 133 Å². The highest BCUT2D eigenvalue weighted by Gasteiger charge is 2.34. The molecule has 10 rings (SSSR count). The summed E-state index contributed by atoms with van der Waals surface area (Å²) in [5.74, 6) is 2.19. The van der Waals surface area contributed by atoms with Crippen LogP contribution in [-0.2, 0) is 11.1 Å². The Morgan fingerprint density at radius 3 is 1.67 bits per heavy atom. The summed E-state index contributed by atoms with van der Waals surface area (Å²) in [6.45, 7) is 11.4. The van der Waals surface area contributed by atoms with Crippen LogP contribution in [0.5, 0.6) is 5.75 Å². The third kappa shape index (κ3) is 16.7. The Kier molecular flexibility index (Phi) is 23.2. The monoisotopic (exact) mass is 1060 g/mol. The highest BCUT2D eigenvalue weighted by Crippen LogP contribution is 2.56. The van der Waals surface area contributed by atoms with Crippen molar-refractivity contribution in [2.24, 2.45) is 11.8 Å². The summed E-state index contributed by atoms with van der Waals surface area (Å²) in [5.41, 5.74) is 13.8. The molecule has 2 heterocycles. The van der Waals surface area contributed by atoms with E-state index in [1.165, 1.54) is 103 Å². The van der Waals surface area contributed by atoms with E-state index in [2.05, 4.69) is 168 Å². The van der Waals surface area contributed by atoms with Crippen LogP contribution in [0.4, 0.5) is 0 Å². The van der Waals surface area contributed by atoms with E-state index in [-0.39, 0.29) is 15.3 Å². The molecule has 0 bridgehead atoms. The number of fused-ring (bicyclic) bond motifs is 2. The SMILES string of the molecule is Brc1cccc(-c2ccc3ccccc3n2)c1.C.CC(C)CO[B]O.CC(C)Cc1cccc(-c2ccc3ccccc3n2)c1.COc1cccc(C)c1-c1ccccc1P(C1CCCCC1)C1CCCCC1. The third-order valence-corrected chi connectivity index (χ3v) is 17.6. The number of para-hydroxylation sites is 2. The molecule has 6 aromatic carbocycles. The van der Waals surface area contributed by atoms with Gasteiger partial charge < -0.3 is 14.4 Å². The summed E-state index contributed by atoms with van der Waals surface area (Å²) >= 11 is 3.48. The van der Waals surface area contributed by atoms with Gasteiger partial charge >= 0.3 is 7.69 Å². The number of hydrogen-bond donors (Lipinski definition) is 1. The van der Waals surface area contributed by atoms with E-state index in [1.54, 1.807) is 5.30 Å². The molecule has 0 saturated heterocycles. The Morgan fingerprint density at radius 2 is 1.14 bits per heavy atom. The number of hydrogen-bond acceptors (Lipinski definition) is 5. The maximum Gasteiger partial charge on any atom is 0.485 e. The number of rotatable bonds is 12. The Balaban J connectivity index is 0.000000171. The normalized spacial score (nSPS) is 13.8.